The molecule has 0 amide bonds. The highest BCUT2D eigenvalue weighted by molar-refractivity contribution is 7.99. The molecule has 12 rings (SSSR count). The quantitative estimate of drug-likeness (QED) is 0.179. The molecule has 0 atom stereocenters. The topological polar surface area (TPSA) is 3.24 Å². The van der Waals surface area contributed by atoms with Gasteiger partial charge in [0.25, 0.3) is 0 Å². The van der Waals surface area contributed by atoms with E-state index in [-0.39, 0.29) is 27.1 Å². The van der Waals surface area contributed by atoms with E-state index in [0.29, 0.717) is 11.8 Å². The van der Waals surface area contributed by atoms with Crippen LogP contribution in [0.25, 0.3) is 11.1 Å². The maximum atomic E-state index is 2.72. The molecule has 5 aromatic carbocycles. The lowest BCUT2D eigenvalue weighted by Crippen LogP contribution is -2.57. The van der Waals surface area contributed by atoms with Crippen molar-refractivity contribution in [2.24, 2.45) is 23.7 Å². The van der Waals surface area contributed by atoms with Gasteiger partial charge in [0.2, 0.25) is 0 Å². The predicted molar refractivity (Wildman–Crippen MR) is 246 cm³/mol. The second-order valence-electron chi connectivity index (χ2n) is 22.3. The van der Waals surface area contributed by atoms with Crippen molar-refractivity contribution in [3.05, 3.63) is 137 Å². The van der Waals surface area contributed by atoms with Gasteiger partial charge in [0, 0.05) is 32.3 Å². The Kier molecular flexibility index (Phi) is 8.12. The summed E-state index contributed by atoms with van der Waals surface area (Å²) >= 11 is 2.04. The van der Waals surface area contributed by atoms with E-state index < -0.39 is 0 Å². The molecule has 1 spiro atoms. The molecule has 1 aliphatic heterocycles. The highest BCUT2D eigenvalue weighted by Crippen LogP contribution is 2.70. The third kappa shape index (κ3) is 5.41. The van der Waals surface area contributed by atoms with Crippen LogP contribution in [0.2, 0.25) is 0 Å². The molecule has 4 saturated carbocycles. The summed E-state index contributed by atoms with van der Waals surface area (Å²) in [5.41, 5.74) is 16.7. The van der Waals surface area contributed by atoms with Crippen molar-refractivity contribution >= 4 is 28.8 Å². The van der Waals surface area contributed by atoms with Gasteiger partial charge in [-0.3, -0.25) is 0 Å². The summed E-state index contributed by atoms with van der Waals surface area (Å²) < 4.78 is 0. The van der Waals surface area contributed by atoms with Crippen molar-refractivity contribution < 1.29 is 0 Å². The van der Waals surface area contributed by atoms with Crippen molar-refractivity contribution in [2.75, 3.05) is 4.90 Å². The summed E-state index contributed by atoms with van der Waals surface area (Å²) in [6.07, 6.45) is 11.8. The fraction of sp³-hybridized carbons (Fsp3) is 0.464. The minimum absolute atomic E-state index is 0.0151. The summed E-state index contributed by atoms with van der Waals surface area (Å²) in [4.78, 5) is 5.64. The summed E-state index contributed by atoms with van der Waals surface area (Å²) in [5, 5.41) is 0. The second-order valence-corrected chi connectivity index (χ2v) is 23.4. The van der Waals surface area contributed by atoms with Crippen LogP contribution >= 0.6 is 11.8 Å². The first-order valence-corrected chi connectivity index (χ1v) is 23.6. The van der Waals surface area contributed by atoms with Gasteiger partial charge >= 0.3 is 0 Å². The Balaban J connectivity index is 1.16. The SMILES string of the molecule is CC1(C)CCC(C)(C)c2cc(N(c3ccc4c(c3)C(C)(C)CCC4(C)C)c3ccc4c(c3)C3(c5c(cccc5-c5ccccc5)S4)C4CC5CC(C4)CC3C5)ccc21. The Morgan fingerprint density at radius 3 is 1.47 bits per heavy atom. The molecule has 0 aromatic heterocycles. The number of hydrogen-bond acceptors (Lipinski definition) is 2. The van der Waals surface area contributed by atoms with Gasteiger partial charge in [-0.25, -0.2) is 0 Å². The van der Waals surface area contributed by atoms with E-state index in [2.05, 4.69) is 163 Å². The highest BCUT2D eigenvalue weighted by atomic mass is 32.2. The van der Waals surface area contributed by atoms with Crippen molar-refractivity contribution in [3.63, 3.8) is 0 Å². The van der Waals surface area contributed by atoms with E-state index in [1.54, 1.807) is 11.1 Å². The molecule has 2 heteroatoms. The number of benzene rings is 5. The largest absolute Gasteiger partial charge is 0.310 e. The first-order valence-electron chi connectivity index (χ1n) is 22.8. The van der Waals surface area contributed by atoms with Crippen LogP contribution in [0.5, 0.6) is 0 Å². The lowest BCUT2D eigenvalue weighted by molar-refractivity contribution is -0.0441. The van der Waals surface area contributed by atoms with Crippen LogP contribution < -0.4 is 4.90 Å². The highest BCUT2D eigenvalue weighted by Gasteiger charge is 2.61. The van der Waals surface area contributed by atoms with E-state index in [4.69, 9.17) is 0 Å². The zero-order chi connectivity index (χ0) is 40.0. The van der Waals surface area contributed by atoms with Crippen LogP contribution in [-0.2, 0) is 27.1 Å². The van der Waals surface area contributed by atoms with Crippen LogP contribution in [-0.4, -0.2) is 0 Å². The standard InChI is InChI=1S/C56H63NS/c1-52(2)23-25-54(5,6)46-32-40(17-20-44(46)52)57(41-18-21-45-47(33-41)55(7,8)26-24-53(45,3)4)42-19-22-49-48(34-42)56(38-28-35-27-36(30-38)31-39(56)29-35)51-43(15-12-16-50(51)58-49)37-13-10-9-11-14-37/h9-22,32-36,38-39H,23-31H2,1-8H3. The minimum Gasteiger partial charge on any atom is -0.310 e. The van der Waals surface area contributed by atoms with Crippen molar-refractivity contribution in [2.45, 2.75) is 150 Å². The maximum Gasteiger partial charge on any atom is 0.0465 e. The third-order valence-electron chi connectivity index (χ3n) is 17.0. The Hall–Kier alpha value is -3.75. The van der Waals surface area contributed by atoms with Crippen molar-refractivity contribution in [3.8, 4) is 11.1 Å². The van der Waals surface area contributed by atoms with Gasteiger partial charge < -0.3 is 4.90 Å². The van der Waals surface area contributed by atoms with Crippen LogP contribution in [0.4, 0.5) is 17.1 Å². The molecule has 58 heavy (non-hydrogen) atoms. The fourth-order valence-corrected chi connectivity index (χ4v) is 15.1. The van der Waals surface area contributed by atoms with E-state index in [1.165, 1.54) is 118 Å². The van der Waals surface area contributed by atoms with E-state index in [1.807, 2.05) is 11.8 Å². The Morgan fingerprint density at radius 2 is 0.931 bits per heavy atom. The zero-order valence-electron chi connectivity index (χ0n) is 36.3. The molecule has 0 unspecified atom stereocenters. The van der Waals surface area contributed by atoms with Gasteiger partial charge in [0.1, 0.15) is 0 Å². The van der Waals surface area contributed by atoms with Crippen molar-refractivity contribution in [1.82, 2.24) is 0 Å². The molecular formula is C56H63NS. The molecule has 4 fully saturated rings. The lowest BCUT2D eigenvalue weighted by Gasteiger charge is -2.63. The molecule has 5 aromatic rings. The number of nitrogens with zero attached hydrogens (tertiary/aromatic N) is 1. The summed E-state index contributed by atoms with van der Waals surface area (Å²) in [6.45, 7) is 19.7. The minimum atomic E-state index is 0.0151. The van der Waals surface area contributed by atoms with Gasteiger partial charge in [-0.05, 0) is 196 Å². The van der Waals surface area contributed by atoms with Gasteiger partial charge in [-0.2, -0.15) is 0 Å². The van der Waals surface area contributed by atoms with Gasteiger partial charge in [0.05, 0.1) is 0 Å². The number of rotatable bonds is 4. The van der Waals surface area contributed by atoms with Gasteiger partial charge in [-0.1, -0.05) is 122 Å². The molecule has 1 heterocycles. The molecule has 7 aliphatic rings. The van der Waals surface area contributed by atoms with Crippen LogP contribution in [0.15, 0.2) is 113 Å². The molecule has 6 aliphatic carbocycles. The van der Waals surface area contributed by atoms with E-state index in [9.17, 15) is 0 Å². The molecule has 1 nitrogen and oxygen atoms in total. The van der Waals surface area contributed by atoms with Crippen LogP contribution in [0, 0.1) is 23.7 Å². The normalized spacial score (nSPS) is 28.6. The lowest BCUT2D eigenvalue weighted by atomic mass is 9.41. The second kappa shape index (κ2) is 12.6. The third-order valence-corrected chi connectivity index (χ3v) is 18.2. The number of fused-ring (bicyclic) bond motifs is 4. The van der Waals surface area contributed by atoms with Crippen LogP contribution in [0.1, 0.15) is 147 Å². The number of anilines is 3. The Morgan fingerprint density at radius 1 is 0.448 bits per heavy atom. The fourth-order valence-electron chi connectivity index (χ4n) is 13.9. The molecule has 0 radical (unpaired) electrons. The Labute approximate surface area is 353 Å². The Bertz CT molecular complexity index is 2350. The molecule has 4 bridgehead atoms. The summed E-state index contributed by atoms with van der Waals surface area (Å²) in [6, 6.07) is 41.5. The maximum absolute atomic E-state index is 2.72. The van der Waals surface area contributed by atoms with Crippen LogP contribution in [0.3, 0.4) is 0 Å². The van der Waals surface area contributed by atoms with E-state index >= 15 is 0 Å². The smallest absolute Gasteiger partial charge is 0.0465 e. The predicted octanol–water partition coefficient (Wildman–Crippen LogP) is 15.7. The average molecular weight is 782 g/mol. The van der Waals surface area contributed by atoms with Gasteiger partial charge in [-0.15, -0.1) is 0 Å². The van der Waals surface area contributed by atoms with Gasteiger partial charge in [0.15, 0.2) is 0 Å². The zero-order valence-corrected chi connectivity index (χ0v) is 37.2. The molecule has 298 valence electrons. The number of hydrogen-bond donors (Lipinski definition) is 0. The summed E-state index contributed by atoms with van der Waals surface area (Å²) in [7, 11) is 0. The summed E-state index contributed by atoms with van der Waals surface area (Å²) in [5.74, 6) is 3.14. The van der Waals surface area contributed by atoms with Crippen molar-refractivity contribution in [1.29, 1.82) is 0 Å². The van der Waals surface area contributed by atoms with E-state index in [0.717, 1.165) is 11.8 Å². The average Bonchev–Trinajstić information content (AvgIpc) is 3.20. The monoisotopic (exact) mass is 781 g/mol. The molecular weight excluding hydrogens is 719 g/mol. The first-order chi connectivity index (χ1) is 27.7. The first kappa shape index (κ1) is 37.3. The molecule has 0 saturated heterocycles. The molecule has 0 N–H and O–H groups in total.